The van der Waals surface area contributed by atoms with Crippen molar-refractivity contribution in [3.05, 3.63) is 70.8 Å². The Labute approximate surface area is 157 Å². The van der Waals surface area contributed by atoms with Crippen molar-refractivity contribution in [2.75, 3.05) is 6.54 Å². The van der Waals surface area contributed by atoms with Crippen LogP contribution in [-0.4, -0.2) is 18.5 Å². The first kappa shape index (κ1) is 21.7. The third kappa shape index (κ3) is 6.56. The Morgan fingerprint density at radius 2 is 1.43 bits per heavy atom. The van der Waals surface area contributed by atoms with Crippen molar-refractivity contribution in [1.29, 1.82) is 0 Å². The predicted molar refractivity (Wildman–Crippen MR) is 91.3 cm³/mol. The van der Waals surface area contributed by atoms with Gasteiger partial charge in [-0.1, -0.05) is 30.3 Å². The minimum atomic E-state index is -4.95. The van der Waals surface area contributed by atoms with Gasteiger partial charge in [0.15, 0.2) is 0 Å². The minimum absolute atomic E-state index is 0.0250. The maximum Gasteiger partial charge on any atom is 0.416 e. The Hall–Kier alpha value is -2.55. The molecular formula is C19H18F6N2O. The van der Waals surface area contributed by atoms with Gasteiger partial charge in [0, 0.05) is 12.6 Å². The molecule has 0 aliphatic heterocycles. The van der Waals surface area contributed by atoms with Gasteiger partial charge in [0.05, 0.1) is 17.5 Å². The standard InChI is InChI=1S/C19H18F6N2O/c20-18(21,22)14-6-13(7-15(10-14)19(23,24)25)9-17(28)27-11-16(26)8-12-4-2-1-3-5-12/h1-7,10,16H,8-9,11,26H2,(H,27,28). The Kier molecular flexibility index (Phi) is 6.71. The van der Waals surface area contributed by atoms with Gasteiger partial charge in [-0.15, -0.1) is 0 Å². The third-order valence-corrected chi connectivity index (χ3v) is 3.91. The average Bonchev–Trinajstić information content (AvgIpc) is 2.59. The zero-order chi connectivity index (χ0) is 20.9. The van der Waals surface area contributed by atoms with E-state index in [0.717, 1.165) is 5.56 Å². The highest BCUT2D eigenvalue weighted by molar-refractivity contribution is 5.78. The van der Waals surface area contributed by atoms with Crippen molar-refractivity contribution in [3.63, 3.8) is 0 Å². The molecule has 0 aliphatic rings. The molecule has 1 unspecified atom stereocenters. The van der Waals surface area contributed by atoms with Crippen molar-refractivity contribution in [2.45, 2.75) is 31.2 Å². The van der Waals surface area contributed by atoms with Gasteiger partial charge in [0.2, 0.25) is 5.91 Å². The van der Waals surface area contributed by atoms with Crippen molar-refractivity contribution in [3.8, 4) is 0 Å². The molecule has 0 heterocycles. The number of nitrogens with one attached hydrogen (secondary N) is 1. The van der Waals surface area contributed by atoms with E-state index in [2.05, 4.69) is 5.32 Å². The van der Waals surface area contributed by atoms with Gasteiger partial charge in [0.1, 0.15) is 0 Å². The molecule has 0 aromatic heterocycles. The summed E-state index contributed by atoms with van der Waals surface area (Å²) in [5, 5.41) is 2.44. The molecule has 0 saturated heterocycles. The van der Waals surface area contributed by atoms with Gasteiger partial charge in [-0.3, -0.25) is 4.79 Å². The molecule has 152 valence electrons. The molecule has 0 fully saturated rings. The monoisotopic (exact) mass is 404 g/mol. The maximum absolute atomic E-state index is 12.8. The lowest BCUT2D eigenvalue weighted by Crippen LogP contribution is -2.39. The number of carbonyl (C=O) groups is 1. The molecular weight excluding hydrogens is 386 g/mol. The van der Waals surface area contributed by atoms with E-state index in [-0.39, 0.29) is 18.2 Å². The molecule has 2 aromatic carbocycles. The lowest BCUT2D eigenvalue weighted by Gasteiger charge is -2.15. The van der Waals surface area contributed by atoms with Crippen LogP contribution in [0.4, 0.5) is 26.3 Å². The van der Waals surface area contributed by atoms with Gasteiger partial charge in [-0.2, -0.15) is 26.3 Å². The van der Waals surface area contributed by atoms with Crippen LogP contribution >= 0.6 is 0 Å². The van der Waals surface area contributed by atoms with Crippen LogP contribution in [0.1, 0.15) is 22.3 Å². The van der Waals surface area contributed by atoms with Crippen LogP contribution in [0.3, 0.4) is 0 Å². The van der Waals surface area contributed by atoms with E-state index in [0.29, 0.717) is 18.6 Å². The topological polar surface area (TPSA) is 55.1 Å². The summed E-state index contributed by atoms with van der Waals surface area (Å²) < 4.78 is 77.1. The quantitative estimate of drug-likeness (QED) is 0.717. The lowest BCUT2D eigenvalue weighted by atomic mass is 10.0. The smallest absolute Gasteiger partial charge is 0.354 e. The van der Waals surface area contributed by atoms with E-state index in [1.54, 1.807) is 0 Å². The predicted octanol–water partition coefficient (Wildman–Crippen LogP) is 3.95. The molecule has 1 amide bonds. The average molecular weight is 404 g/mol. The van der Waals surface area contributed by atoms with Crippen LogP contribution in [0.15, 0.2) is 48.5 Å². The molecule has 3 nitrogen and oxygen atoms in total. The SMILES string of the molecule is NC(CNC(=O)Cc1cc(C(F)(F)F)cc(C(F)(F)F)c1)Cc1ccccc1. The summed E-state index contributed by atoms with van der Waals surface area (Å²) >= 11 is 0. The first-order valence-electron chi connectivity index (χ1n) is 8.29. The van der Waals surface area contributed by atoms with E-state index in [1.165, 1.54) is 0 Å². The lowest BCUT2D eigenvalue weighted by molar-refractivity contribution is -0.143. The van der Waals surface area contributed by atoms with Gasteiger partial charge in [-0.25, -0.2) is 0 Å². The summed E-state index contributed by atoms with van der Waals surface area (Å²) in [4.78, 5) is 12.0. The number of nitrogens with two attached hydrogens (primary N) is 1. The molecule has 28 heavy (non-hydrogen) atoms. The van der Waals surface area contributed by atoms with Crippen LogP contribution in [0, 0.1) is 0 Å². The van der Waals surface area contributed by atoms with Crippen LogP contribution in [0.5, 0.6) is 0 Å². The number of rotatable bonds is 6. The fourth-order valence-electron chi connectivity index (χ4n) is 2.60. The fraction of sp³-hybridized carbons (Fsp3) is 0.316. The molecule has 0 spiro atoms. The number of halogens is 6. The van der Waals surface area contributed by atoms with Crippen LogP contribution in [-0.2, 0) is 30.0 Å². The summed E-state index contributed by atoms with van der Waals surface area (Å²) in [7, 11) is 0. The van der Waals surface area contributed by atoms with Crippen molar-refractivity contribution < 1.29 is 31.1 Å². The highest BCUT2D eigenvalue weighted by Crippen LogP contribution is 2.36. The van der Waals surface area contributed by atoms with Gasteiger partial charge in [0.25, 0.3) is 0 Å². The first-order chi connectivity index (χ1) is 12.9. The second kappa shape index (κ2) is 8.64. The summed E-state index contributed by atoms with van der Waals surface area (Å²) in [6.45, 7) is 0.0405. The summed E-state index contributed by atoms with van der Waals surface area (Å²) in [5.41, 5.74) is 3.56. The van der Waals surface area contributed by atoms with E-state index in [9.17, 15) is 31.1 Å². The van der Waals surface area contributed by atoms with E-state index >= 15 is 0 Å². The second-order valence-electron chi connectivity index (χ2n) is 6.34. The highest BCUT2D eigenvalue weighted by atomic mass is 19.4. The Balaban J connectivity index is 2.02. The third-order valence-electron chi connectivity index (χ3n) is 3.91. The molecule has 9 heteroatoms. The zero-order valence-corrected chi connectivity index (χ0v) is 14.6. The van der Waals surface area contributed by atoms with Crippen molar-refractivity contribution >= 4 is 5.91 Å². The molecule has 0 aliphatic carbocycles. The molecule has 3 N–H and O–H groups in total. The zero-order valence-electron chi connectivity index (χ0n) is 14.6. The number of hydrogen-bond donors (Lipinski definition) is 2. The molecule has 0 bridgehead atoms. The molecule has 0 saturated carbocycles. The minimum Gasteiger partial charge on any atom is -0.354 e. The largest absolute Gasteiger partial charge is 0.416 e. The van der Waals surface area contributed by atoms with E-state index in [1.807, 2.05) is 30.3 Å². The van der Waals surface area contributed by atoms with Crippen molar-refractivity contribution in [2.24, 2.45) is 5.73 Å². The Morgan fingerprint density at radius 1 is 0.893 bits per heavy atom. The number of carbonyl (C=O) groups excluding carboxylic acids is 1. The maximum atomic E-state index is 12.8. The van der Waals surface area contributed by atoms with E-state index in [4.69, 9.17) is 5.73 Å². The Morgan fingerprint density at radius 3 is 1.93 bits per heavy atom. The highest BCUT2D eigenvalue weighted by Gasteiger charge is 2.37. The van der Waals surface area contributed by atoms with Crippen molar-refractivity contribution in [1.82, 2.24) is 5.32 Å². The number of alkyl halides is 6. The van der Waals surface area contributed by atoms with Crippen LogP contribution < -0.4 is 11.1 Å². The van der Waals surface area contributed by atoms with Gasteiger partial charge < -0.3 is 11.1 Å². The summed E-state index contributed by atoms with van der Waals surface area (Å²) in [6, 6.07) is 9.85. The summed E-state index contributed by atoms with van der Waals surface area (Å²) in [5.74, 6) is -0.712. The number of benzene rings is 2. The summed E-state index contributed by atoms with van der Waals surface area (Å²) in [6.07, 6.45) is -10.1. The number of amides is 1. The molecule has 2 aromatic rings. The molecule has 2 rings (SSSR count). The van der Waals surface area contributed by atoms with Gasteiger partial charge in [-0.05, 0) is 35.7 Å². The normalized spacial score (nSPS) is 13.2. The second-order valence-corrected chi connectivity index (χ2v) is 6.34. The molecule has 0 radical (unpaired) electrons. The van der Waals surface area contributed by atoms with Crippen LogP contribution in [0.2, 0.25) is 0 Å². The number of hydrogen-bond acceptors (Lipinski definition) is 2. The van der Waals surface area contributed by atoms with Gasteiger partial charge >= 0.3 is 12.4 Å². The van der Waals surface area contributed by atoms with E-state index < -0.39 is 41.8 Å². The fourth-order valence-corrected chi connectivity index (χ4v) is 2.60. The Bertz CT molecular complexity index is 770. The van der Waals surface area contributed by atoms with Crippen LogP contribution in [0.25, 0.3) is 0 Å². The first-order valence-corrected chi connectivity index (χ1v) is 8.29. The molecule has 1 atom stereocenters.